The number of rotatable bonds is 7. The van der Waals surface area contributed by atoms with Gasteiger partial charge in [0.05, 0.1) is 14.2 Å². The van der Waals surface area contributed by atoms with E-state index in [-0.39, 0.29) is 0 Å². The molecule has 0 fully saturated rings. The standard InChI is InChI=1S/C12H18BrN3O3/c1-18-10-5-8(9(13)6-11(10)19-2)7-15-3-4-16-12(14)17/h5-6,15H,3-4,7H2,1-2H3,(H3,14,16,17). The number of carbonyl (C=O) groups excluding carboxylic acids is 1. The summed E-state index contributed by atoms with van der Waals surface area (Å²) >= 11 is 3.48. The van der Waals surface area contributed by atoms with Gasteiger partial charge >= 0.3 is 6.03 Å². The zero-order chi connectivity index (χ0) is 14.3. The number of primary amides is 1. The van der Waals surface area contributed by atoms with Crippen molar-refractivity contribution in [1.82, 2.24) is 10.6 Å². The Hall–Kier alpha value is -1.47. The van der Waals surface area contributed by atoms with Crippen molar-refractivity contribution in [3.05, 3.63) is 22.2 Å². The summed E-state index contributed by atoms with van der Waals surface area (Å²) < 4.78 is 11.4. The van der Waals surface area contributed by atoms with Crippen LogP contribution in [0.15, 0.2) is 16.6 Å². The number of methoxy groups -OCH3 is 2. The molecule has 0 aliphatic rings. The SMILES string of the molecule is COc1cc(Br)c(CNCCNC(N)=O)cc1OC. The molecule has 6 nitrogen and oxygen atoms in total. The molecule has 0 atom stereocenters. The van der Waals surface area contributed by atoms with Gasteiger partial charge in [-0.2, -0.15) is 0 Å². The molecule has 4 N–H and O–H groups in total. The van der Waals surface area contributed by atoms with E-state index in [1.165, 1.54) is 0 Å². The van der Waals surface area contributed by atoms with Gasteiger partial charge in [-0.25, -0.2) is 4.79 Å². The summed E-state index contributed by atoms with van der Waals surface area (Å²) in [7, 11) is 3.19. The quantitative estimate of drug-likeness (QED) is 0.656. The van der Waals surface area contributed by atoms with Gasteiger partial charge in [-0.3, -0.25) is 0 Å². The van der Waals surface area contributed by atoms with Gasteiger partial charge in [0.25, 0.3) is 0 Å². The van der Waals surface area contributed by atoms with Crippen molar-refractivity contribution in [2.75, 3.05) is 27.3 Å². The minimum atomic E-state index is -0.519. The second-order valence-corrected chi connectivity index (χ2v) is 4.62. The Kier molecular flexibility index (Phi) is 6.44. The number of benzene rings is 1. The first-order valence-electron chi connectivity index (χ1n) is 5.73. The predicted molar refractivity (Wildman–Crippen MR) is 76.5 cm³/mol. The number of urea groups is 1. The molecule has 1 aromatic carbocycles. The van der Waals surface area contributed by atoms with Gasteiger partial charge in [-0.1, -0.05) is 15.9 Å². The Morgan fingerprint density at radius 2 is 1.89 bits per heavy atom. The molecular weight excluding hydrogens is 314 g/mol. The van der Waals surface area contributed by atoms with Crippen LogP contribution in [0.1, 0.15) is 5.56 Å². The summed E-state index contributed by atoms with van der Waals surface area (Å²) in [5, 5.41) is 5.70. The first-order valence-corrected chi connectivity index (χ1v) is 6.52. The second-order valence-electron chi connectivity index (χ2n) is 3.77. The third-order valence-corrected chi connectivity index (χ3v) is 3.21. The van der Waals surface area contributed by atoms with E-state index >= 15 is 0 Å². The van der Waals surface area contributed by atoms with Crippen LogP contribution in [-0.4, -0.2) is 33.3 Å². The first kappa shape index (κ1) is 15.6. The molecule has 0 radical (unpaired) electrons. The van der Waals surface area contributed by atoms with Gasteiger partial charge in [-0.15, -0.1) is 0 Å². The summed E-state index contributed by atoms with van der Waals surface area (Å²) in [6.07, 6.45) is 0. The number of halogens is 1. The normalized spacial score (nSPS) is 10.1. The summed E-state index contributed by atoms with van der Waals surface area (Å²) in [5.74, 6) is 1.35. The van der Waals surface area contributed by atoms with Crippen molar-refractivity contribution in [3.8, 4) is 11.5 Å². The highest BCUT2D eigenvalue weighted by atomic mass is 79.9. The molecule has 0 bridgehead atoms. The number of amides is 2. The lowest BCUT2D eigenvalue weighted by Crippen LogP contribution is -2.35. The Labute approximate surface area is 120 Å². The fourth-order valence-electron chi connectivity index (χ4n) is 1.53. The molecule has 0 saturated heterocycles. The summed E-state index contributed by atoms with van der Waals surface area (Å²) in [5.41, 5.74) is 6.00. The van der Waals surface area contributed by atoms with Crippen LogP contribution in [0.5, 0.6) is 11.5 Å². The molecule has 0 spiro atoms. The molecule has 0 aromatic heterocycles. The van der Waals surface area contributed by atoms with Crippen molar-refractivity contribution in [1.29, 1.82) is 0 Å². The minimum Gasteiger partial charge on any atom is -0.493 e. The van der Waals surface area contributed by atoms with E-state index in [0.29, 0.717) is 31.1 Å². The molecule has 0 saturated carbocycles. The fourth-order valence-corrected chi connectivity index (χ4v) is 1.99. The summed E-state index contributed by atoms with van der Waals surface area (Å²) in [6.45, 7) is 1.76. The van der Waals surface area contributed by atoms with Crippen LogP contribution in [0.2, 0.25) is 0 Å². The van der Waals surface area contributed by atoms with E-state index in [9.17, 15) is 4.79 Å². The van der Waals surface area contributed by atoms with Crippen molar-refractivity contribution >= 4 is 22.0 Å². The molecule has 106 valence electrons. The lowest BCUT2D eigenvalue weighted by atomic mass is 10.2. The minimum absolute atomic E-state index is 0.486. The van der Waals surface area contributed by atoms with E-state index in [1.54, 1.807) is 14.2 Å². The molecule has 1 rings (SSSR count). The van der Waals surface area contributed by atoms with E-state index in [4.69, 9.17) is 15.2 Å². The number of nitrogens with one attached hydrogen (secondary N) is 2. The second kappa shape index (κ2) is 7.85. The largest absolute Gasteiger partial charge is 0.493 e. The van der Waals surface area contributed by atoms with Gasteiger partial charge in [0.2, 0.25) is 0 Å². The molecule has 0 aliphatic heterocycles. The number of carbonyl (C=O) groups is 1. The topological polar surface area (TPSA) is 85.6 Å². The number of hydrogen-bond acceptors (Lipinski definition) is 4. The van der Waals surface area contributed by atoms with E-state index in [0.717, 1.165) is 10.0 Å². The molecule has 0 heterocycles. The zero-order valence-corrected chi connectivity index (χ0v) is 12.5. The van der Waals surface area contributed by atoms with Crippen LogP contribution in [0.4, 0.5) is 4.79 Å². The maximum atomic E-state index is 10.5. The fraction of sp³-hybridized carbons (Fsp3) is 0.417. The van der Waals surface area contributed by atoms with Crippen LogP contribution >= 0.6 is 15.9 Å². The molecular formula is C12H18BrN3O3. The van der Waals surface area contributed by atoms with Crippen molar-refractivity contribution < 1.29 is 14.3 Å². The van der Waals surface area contributed by atoms with Crippen molar-refractivity contribution in [3.63, 3.8) is 0 Å². The smallest absolute Gasteiger partial charge is 0.312 e. The Balaban J connectivity index is 2.56. The maximum Gasteiger partial charge on any atom is 0.312 e. The molecule has 2 amide bonds. The van der Waals surface area contributed by atoms with Crippen molar-refractivity contribution in [2.24, 2.45) is 5.73 Å². The van der Waals surface area contributed by atoms with Crippen LogP contribution in [-0.2, 0) is 6.54 Å². The Bertz CT molecular complexity index is 440. The average molecular weight is 332 g/mol. The van der Waals surface area contributed by atoms with Crippen LogP contribution in [0.3, 0.4) is 0 Å². The molecule has 1 aromatic rings. The Morgan fingerprint density at radius 3 is 2.47 bits per heavy atom. The summed E-state index contributed by atoms with van der Waals surface area (Å²) in [4.78, 5) is 10.5. The van der Waals surface area contributed by atoms with Crippen molar-refractivity contribution in [2.45, 2.75) is 6.54 Å². The van der Waals surface area contributed by atoms with Gasteiger partial charge < -0.3 is 25.8 Å². The third kappa shape index (κ3) is 4.96. The number of hydrogen-bond donors (Lipinski definition) is 3. The van der Waals surface area contributed by atoms with Gasteiger partial charge in [0.15, 0.2) is 11.5 Å². The lowest BCUT2D eigenvalue weighted by Gasteiger charge is -2.12. The van der Waals surface area contributed by atoms with Gasteiger partial charge in [-0.05, 0) is 17.7 Å². The van der Waals surface area contributed by atoms with Gasteiger partial charge in [0.1, 0.15) is 0 Å². The average Bonchev–Trinajstić information content (AvgIpc) is 2.39. The molecule has 19 heavy (non-hydrogen) atoms. The molecule has 0 unspecified atom stereocenters. The van der Waals surface area contributed by atoms with Crippen LogP contribution in [0, 0.1) is 0 Å². The zero-order valence-electron chi connectivity index (χ0n) is 11.0. The summed E-state index contributed by atoms with van der Waals surface area (Å²) in [6, 6.07) is 3.24. The highest BCUT2D eigenvalue weighted by Gasteiger charge is 2.09. The number of ether oxygens (including phenoxy) is 2. The number of nitrogens with two attached hydrogens (primary N) is 1. The van der Waals surface area contributed by atoms with Crippen LogP contribution in [0.25, 0.3) is 0 Å². The van der Waals surface area contributed by atoms with E-state index in [1.807, 2.05) is 12.1 Å². The highest BCUT2D eigenvalue weighted by Crippen LogP contribution is 2.33. The lowest BCUT2D eigenvalue weighted by molar-refractivity contribution is 0.249. The van der Waals surface area contributed by atoms with E-state index in [2.05, 4.69) is 26.6 Å². The van der Waals surface area contributed by atoms with Crippen LogP contribution < -0.4 is 25.8 Å². The first-order chi connectivity index (χ1) is 9.08. The molecule has 0 aliphatic carbocycles. The van der Waals surface area contributed by atoms with E-state index < -0.39 is 6.03 Å². The monoisotopic (exact) mass is 331 g/mol. The van der Waals surface area contributed by atoms with Gasteiger partial charge in [0, 0.05) is 24.1 Å². The highest BCUT2D eigenvalue weighted by molar-refractivity contribution is 9.10. The molecule has 7 heteroatoms. The Morgan fingerprint density at radius 1 is 1.26 bits per heavy atom. The third-order valence-electron chi connectivity index (χ3n) is 2.47. The predicted octanol–water partition coefficient (Wildman–Crippen LogP) is 1.22. The maximum absolute atomic E-state index is 10.5.